The number of hydrogen-bond donors (Lipinski definition) is 1. The van der Waals surface area contributed by atoms with Crippen LogP contribution in [0.25, 0.3) is 0 Å². The highest BCUT2D eigenvalue weighted by molar-refractivity contribution is 8.12. The molecule has 1 N–H and O–H groups in total. The van der Waals surface area contributed by atoms with Gasteiger partial charge in [0.15, 0.2) is 0 Å². The molecule has 70 valence electrons. The zero-order chi connectivity index (χ0) is 9.52. The van der Waals surface area contributed by atoms with Crippen LogP contribution in [0, 0.1) is 5.41 Å². The molecule has 13 heavy (non-hydrogen) atoms. The third-order valence-corrected chi connectivity index (χ3v) is 2.35. The molecule has 1 aromatic rings. The van der Waals surface area contributed by atoms with E-state index in [9.17, 15) is 0 Å². The highest BCUT2D eigenvalue weighted by Gasteiger charge is 1.97. The number of hydrogen-bond acceptors (Lipinski definition) is 3. The van der Waals surface area contributed by atoms with Crippen LogP contribution < -0.4 is 0 Å². The number of rotatable bonds is 3. The molecule has 0 aliphatic carbocycles. The minimum absolute atomic E-state index is 0.298. The zero-order valence-electron chi connectivity index (χ0n) is 7.62. The lowest BCUT2D eigenvalue weighted by molar-refractivity contribution is 0.335. The molecular weight excluding hydrogens is 182 g/mol. The largest absolute Gasteiger partial charge is 0.474 e. The van der Waals surface area contributed by atoms with Crippen molar-refractivity contribution >= 4 is 17.0 Å². The van der Waals surface area contributed by atoms with Gasteiger partial charge in [0.1, 0.15) is 0 Å². The Bertz CT molecular complexity index is 261. The molecular formula is C10H13NOS. The second-order valence-electron chi connectivity index (χ2n) is 2.49. The van der Waals surface area contributed by atoms with Gasteiger partial charge in [-0.15, -0.1) is 0 Å². The molecule has 0 heterocycles. The van der Waals surface area contributed by atoms with Crippen molar-refractivity contribution < 1.29 is 4.74 Å². The highest BCUT2D eigenvalue weighted by atomic mass is 32.2. The zero-order valence-corrected chi connectivity index (χ0v) is 8.43. The van der Waals surface area contributed by atoms with Crippen molar-refractivity contribution in [1.82, 2.24) is 0 Å². The summed E-state index contributed by atoms with van der Waals surface area (Å²) in [6.07, 6.45) is 0. The van der Waals surface area contributed by atoms with Crippen LogP contribution in [0.5, 0.6) is 0 Å². The predicted octanol–water partition coefficient (Wildman–Crippen LogP) is 2.89. The Morgan fingerprint density at radius 2 is 2.08 bits per heavy atom. The molecule has 0 saturated heterocycles. The summed E-state index contributed by atoms with van der Waals surface area (Å²) in [5, 5.41) is 7.68. The van der Waals surface area contributed by atoms with Gasteiger partial charge in [0.05, 0.1) is 6.61 Å². The molecule has 0 fully saturated rings. The Balaban J connectivity index is 2.31. The quantitative estimate of drug-likeness (QED) is 0.594. The van der Waals surface area contributed by atoms with Gasteiger partial charge in [0.2, 0.25) is 5.23 Å². The Morgan fingerprint density at radius 3 is 2.69 bits per heavy atom. The lowest BCUT2D eigenvalue weighted by Crippen LogP contribution is -1.97. The molecule has 0 unspecified atom stereocenters. The van der Waals surface area contributed by atoms with Gasteiger partial charge < -0.3 is 4.74 Å². The minimum Gasteiger partial charge on any atom is -0.474 e. The molecule has 2 nitrogen and oxygen atoms in total. The van der Waals surface area contributed by atoms with E-state index in [2.05, 4.69) is 0 Å². The first kappa shape index (κ1) is 10.1. The van der Waals surface area contributed by atoms with Crippen molar-refractivity contribution in [2.45, 2.75) is 12.7 Å². The highest BCUT2D eigenvalue weighted by Crippen LogP contribution is 2.12. The maximum Gasteiger partial charge on any atom is 0.243 e. The van der Waals surface area contributed by atoms with Crippen molar-refractivity contribution in [3.8, 4) is 0 Å². The van der Waals surface area contributed by atoms with Gasteiger partial charge in [-0.2, -0.15) is 0 Å². The van der Waals surface area contributed by atoms with Crippen LogP contribution in [-0.4, -0.2) is 11.8 Å². The van der Waals surface area contributed by atoms with Gasteiger partial charge >= 0.3 is 0 Å². The molecule has 0 amide bonds. The smallest absolute Gasteiger partial charge is 0.243 e. The number of nitrogens with one attached hydrogen (secondary N) is 1. The fourth-order valence-electron chi connectivity index (χ4n) is 0.896. The lowest BCUT2D eigenvalue weighted by atomic mass is 10.2. The van der Waals surface area contributed by atoms with E-state index >= 15 is 0 Å². The Labute approximate surface area is 82.8 Å². The predicted molar refractivity (Wildman–Crippen MR) is 57.1 cm³/mol. The summed E-state index contributed by atoms with van der Waals surface area (Å²) in [7, 11) is 0. The summed E-state index contributed by atoms with van der Waals surface area (Å²) < 4.78 is 5.01. The molecule has 1 aromatic carbocycles. The van der Waals surface area contributed by atoms with Crippen molar-refractivity contribution in [3.63, 3.8) is 0 Å². The van der Waals surface area contributed by atoms with E-state index in [1.165, 1.54) is 17.3 Å². The summed E-state index contributed by atoms with van der Waals surface area (Å²) in [6, 6.07) is 10.1. The van der Waals surface area contributed by atoms with Crippen molar-refractivity contribution in [2.75, 3.05) is 6.61 Å². The van der Waals surface area contributed by atoms with Gasteiger partial charge in [0, 0.05) is 5.75 Å². The molecule has 0 aliphatic heterocycles. The molecule has 1 rings (SSSR count). The third-order valence-electron chi connectivity index (χ3n) is 1.49. The molecule has 0 saturated carbocycles. The summed E-state index contributed by atoms with van der Waals surface area (Å²) >= 11 is 1.42. The Kier molecular flexibility index (Phi) is 4.40. The first-order chi connectivity index (χ1) is 6.33. The van der Waals surface area contributed by atoms with Crippen LogP contribution in [0.2, 0.25) is 0 Å². The lowest BCUT2D eigenvalue weighted by Gasteiger charge is -2.03. The molecule has 0 aromatic heterocycles. The van der Waals surface area contributed by atoms with Crippen LogP contribution >= 0.6 is 11.8 Å². The molecule has 0 radical (unpaired) electrons. The third kappa shape index (κ3) is 3.99. The van der Waals surface area contributed by atoms with Crippen molar-refractivity contribution in [1.29, 1.82) is 5.41 Å². The first-order valence-corrected chi connectivity index (χ1v) is 5.19. The SMILES string of the molecule is CCOC(=N)SCc1ccccc1. The fraction of sp³-hybridized carbons (Fsp3) is 0.300. The first-order valence-electron chi connectivity index (χ1n) is 4.21. The van der Waals surface area contributed by atoms with Crippen LogP contribution in [0.1, 0.15) is 12.5 Å². The fourth-order valence-corrected chi connectivity index (χ4v) is 1.59. The van der Waals surface area contributed by atoms with E-state index < -0.39 is 0 Å². The van der Waals surface area contributed by atoms with Gasteiger partial charge in [0.25, 0.3) is 0 Å². The van der Waals surface area contributed by atoms with Gasteiger partial charge in [-0.3, -0.25) is 5.41 Å². The van der Waals surface area contributed by atoms with E-state index in [4.69, 9.17) is 10.1 Å². The van der Waals surface area contributed by atoms with Crippen LogP contribution in [0.4, 0.5) is 0 Å². The standard InChI is InChI=1S/C10H13NOS/c1-2-12-10(11)13-8-9-6-4-3-5-7-9/h3-7,11H,2,8H2,1H3. The summed E-state index contributed by atoms with van der Waals surface area (Å²) in [5.41, 5.74) is 1.22. The average molecular weight is 195 g/mol. The maximum absolute atomic E-state index is 7.38. The van der Waals surface area contributed by atoms with Gasteiger partial charge in [-0.05, 0) is 12.5 Å². The van der Waals surface area contributed by atoms with Crippen LogP contribution in [-0.2, 0) is 10.5 Å². The van der Waals surface area contributed by atoms with E-state index in [-0.39, 0.29) is 0 Å². The number of thioether (sulfide) groups is 1. The molecule has 3 heteroatoms. The average Bonchev–Trinajstić information content (AvgIpc) is 2.17. The van der Waals surface area contributed by atoms with Crippen LogP contribution in [0.15, 0.2) is 30.3 Å². The summed E-state index contributed by atoms with van der Waals surface area (Å²) in [5.74, 6) is 0.805. The van der Waals surface area contributed by atoms with E-state index in [1.54, 1.807) is 0 Å². The minimum atomic E-state index is 0.298. The molecule has 0 atom stereocenters. The summed E-state index contributed by atoms with van der Waals surface area (Å²) in [6.45, 7) is 2.46. The topological polar surface area (TPSA) is 33.1 Å². The van der Waals surface area contributed by atoms with E-state index in [0.717, 1.165) is 5.75 Å². The monoisotopic (exact) mass is 195 g/mol. The van der Waals surface area contributed by atoms with Crippen molar-refractivity contribution in [2.24, 2.45) is 0 Å². The second-order valence-corrected chi connectivity index (χ2v) is 3.44. The molecule has 0 bridgehead atoms. The van der Waals surface area contributed by atoms with Crippen molar-refractivity contribution in [3.05, 3.63) is 35.9 Å². The Morgan fingerprint density at radius 1 is 1.38 bits per heavy atom. The van der Waals surface area contributed by atoms with Gasteiger partial charge in [-0.25, -0.2) is 0 Å². The number of benzene rings is 1. The van der Waals surface area contributed by atoms with E-state index in [1.807, 2.05) is 37.3 Å². The van der Waals surface area contributed by atoms with Gasteiger partial charge in [-0.1, -0.05) is 42.1 Å². The summed E-state index contributed by atoms with van der Waals surface area (Å²) in [4.78, 5) is 0. The normalized spacial score (nSPS) is 9.62. The molecule has 0 spiro atoms. The second kappa shape index (κ2) is 5.65. The Hall–Kier alpha value is -0.960. The maximum atomic E-state index is 7.38. The number of ether oxygens (including phenoxy) is 1. The van der Waals surface area contributed by atoms with E-state index in [0.29, 0.717) is 11.8 Å². The molecule has 0 aliphatic rings. The van der Waals surface area contributed by atoms with Crippen LogP contribution in [0.3, 0.4) is 0 Å².